The molecule has 0 saturated heterocycles. The summed E-state index contributed by atoms with van der Waals surface area (Å²) in [5, 5.41) is 19.3. The van der Waals surface area contributed by atoms with Crippen LogP contribution in [0.1, 0.15) is 13.3 Å². The van der Waals surface area contributed by atoms with Gasteiger partial charge in [0.1, 0.15) is 0 Å². The van der Waals surface area contributed by atoms with E-state index in [-0.39, 0.29) is 0 Å². The van der Waals surface area contributed by atoms with E-state index >= 15 is 0 Å². The molecule has 0 heterocycles. The van der Waals surface area contributed by atoms with E-state index in [4.69, 9.17) is 5.11 Å². The third kappa shape index (κ3) is 3.69. The number of aliphatic hydroxyl groups excluding tert-OH is 1. The lowest BCUT2D eigenvalue weighted by Crippen LogP contribution is -2.36. The van der Waals surface area contributed by atoms with Crippen molar-refractivity contribution in [3.63, 3.8) is 0 Å². The summed E-state index contributed by atoms with van der Waals surface area (Å²) < 4.78 is 39.2. The van der Waals surface area contributed by atoms with E-state index in [1.807, 2.05) is 0 Å². The predicted octanol–water partition coefficient (Wildman–Crippen LogP) is 0.783. The van der Waals surface area contributed by atoms with Crippen molar-refractivity contribution in [1.82, 2.24) is 4.72 Å². The van der Waals surface area contributed by atoms with Crippen LogP contribution < -0.4 is 4.72 Å². The van der Waals surface area contributed by atoms with Gasteiger partial charge in [-0.1, -0.05) is 6.92 Å². The highest BCUT2D eigenvalue weighted by atomic mass is 32.2. The Kier molecular flexibility index (Phi) is 4.92. The number of nitrogens with one attached hydrogen (secondary N) is 1. The molecule has 19 heavy (non-hydrogen) atoms. The van der Waals surface area contributed by atoms with Crippen LogP contribution in [0.5, 0.6) is 0 Å². The molecular weight excluding hydrogens is 279 g/mol. The minimum atomic E-state index is -4.02. The maximum absolute atomic E-state index is 13.3. The Morgan fingerprint density at radius 3 is 2.58 bits per heavy atom. The van der Waals surface area contributed by atoms with E-state index in [1.165, 1.54) is 0 Å². The molecule has 1 aromatic rings. The summed E-state index contributed by atoms with van der Waals surface area (Å²) in [6, 6.07) is 1.60. The van der Waals surface area contributed by atoms with Crippen LogP contribution in [0.4, 0.5) is 10.1 Å². The second-order valence-corrected chi connectivity index (χ2v) is 5.49. The minimum Gasteiger partial charge on any atom is -0.395 e. The van der Waals surface area contributed by atoms with Crippen LogP contribution in [0, 0.1) is 15.9 Å². The average molecular weight is 292 g/mol. The van der Waals surface area contributed by atoms with E-state index < -0.39 is 44.0 Å². The second kappa shape index (κ2) is 6.04. The quantitative estimate of drug-likeness (QED) is 0.595. The number of rotatable bonds is 6. The van der Waals surface area contributed by atoms with Gasteiger partial charge in [0.15, 0.2) is 0 Å². The van der Waals surface area contributed by atoms with Gasteiger partial charge in [0, 0.05) is 18.2 Å². The highest BCUT2D eigenvalue weighted by molar-refractivity contribution is 7.89. The Morgan fingerprint density at radius 1 is 1.53 bits per heavy atom. The fourth-order valence-electron chi connectivity index (χ4n) is 1.34. The smallest absolute Gasteiger partial charge is 0.304 e. The van der Waals surface area contributed by atoms with Gasteiger partial charge < -0.3 is 5.11 Å². The van der Waals surface area contributed by atoms with Crippen molar-refractivity contribution in [1.29, 1.82) is 0 Å². The first-order chi connectivity index (χ1) is 8.81. The first-order valence-electron chi connectivity index (χ1n) is 5.39. The lowest BCUT2D eigenvalue weighted by atomic mass is 10.3. The molecule has 0 fully saturated rings. The van der Waals surface area contributed by atoms with E-state index in [0.29, 0.717) is 12.5 Å². The monoisotopic (exact) mass is 292 g/mol. The first kappa shape index (κ1) is 15.5. The fraction of sp³-hybridized carbons (Fsp3) is 0.400. The number of hydrogen-bond acceptors (Lipinski definition) is 5. The normalized spacial score (nSPS) is 13.2. The zero-order valence-electron chi connectivity index (χ0n) is 10.0. The van der Waals surface area contributed by atoms with Crippen LogP contribution in [0.3, 0.4) is 0 Å². The molecule has 7 nitrogen and oxygen atoms in total. The van der Waals surface area contributed by atoms with Crippen molar-refractivity contribution in [3.8, 4) is 0 Å². The predicted molar refractivity (Wildman–Crippen MR) is 64.5 cm³/mol. The minimum absolute atomic E-state index is 0.352. The zero-order valence-corrected chi connectivity index (χ0v) is 10.9. The van der Waals surface area contributed by atoms with Crippen molar-refractivity contribution < 1.29 is 22.8 Å². The lowest BCUT2D eigenvalue weighted by molar-refractivity contribution is -0.387. The van der Waals surface area contributed by atoms with Crippen molar-refractivity contribution in [2.24, 2.45) is 0 Å². The summed E-state index contributed by atoms with van der Waals surface area (Å²) >= 11 is 0. The van der Waals surface area contributed by atoms with Gasteiger partial charge in [-0.3, -0.25) is 10.1 Å². The summed E-state index contributed by atoms with van der Waals surface area (Å²) in [7, 11) is -4.02. The van der Waals surface area contributed by atoms with Crippen LogP contribution in [-0.4, -0.2) is 31.1 Å². The van der Waals surface area contributed by atoms with Gasteiger partial charge in [0.2, 0.25) is 15.8 Å². The molecule has 0 aliphatic carbocycles. The topological polar surface area (TPSA) is 110 Å². The first-order valence-corrected chi connectivity index (χ1v) is 6.87. The molecule has 2 N–H and O–H groups in total. The number of nitrogens with zero attached hydrogens (tertiary/aromatic N) is 1. The molecule has 1 aromatic carbocycles. The summed E-state index contributed by atoms with van der Waals surface area (Å²) in [6.07, 6.45) is 0.352. The average Bonchev–Trinajstić information content (AvgIpc) is 2.35. The molecule has 0 aromatic heterocycles. The van der Waals surface area contributed by atoms with Crippen LogP contribution in [0.2, 0.25) is 0 Å². The third-order valence-corrected chi connectivity index (χ3v) is 3.98. The summed E-state index contributed by atoms with van der Waals surface area (Å²) in [4.78, 5) is 9.05. The SMILES string of the molecule is CC[C@@H](CO)NS(=O)(=O)c1ccc([N+](=O)[O-])c(F)c1. The molecule has 1 rings (SSSR count). The Labute approximate surface area is 109 Å². The summed E-state index contributed by atoms with van der Waals surface area (Å²) in [5.74, 6) is -1.23. The maximum atomic E-state index is 13.3. The van der Waals surface area contributed by atoms with E-state index in [9.17, 15) is 22.9 Å². The van der Waals surface area contributed by atoms with Gasteiger partial charge >= 0.3 is 5.69 Å². The number of nitro groups is 1. The molecule has 106 valence electrons. The van der Waals surface area contributed by atoms with Crippen molar-refractivity contribution in [2.45, 2.75) is 24.3 Å². The van der Waals surface area contributed by atoms with Crippen LogP contribution >= 0.6 is 0 Å². The molecule has 0 amide bonds. The summed E-state index contributed by atoms with van der Waals surface area (Å²) in [5.41, 5.74) is -0.798. The Bertz CT molecular complexity index is 571. The molecule has 0 spiro atoms. The Morgan fingerprint density at radius 2 is 2.16 bits per heavy atom. The van der Waals surface area contributed by atoms with Crippen molar-refractivity contribution in [3.05, 3.63) is 34.1 Å². The van der Waals surface area contributed by atoms with E-state index in [1.54, 1.807) is 6.92 Å². The van der Waals surface area contributed by atoms with Gasteiger partial charge in [-0.15, -0.1) is 0 Å². The Balaban J connectivity index is 3.09. The number of hydrogen-bond donors (Lipinski definition) is 2. The standard InChI is InChI=1S/C10H13FN2O5S/c1-2-7(6-14)12-19(17,18)8-3-4-10(13(15)16)9(11)5-8/h3-5,7,12,14H,2,6H2,1H3/t7-/m0/s1. The van der Waals surface area contributed by atoms with Crippen LogP contribution in [0.25, 0.3) is 0 Å². The molecular formula is C10H13FN2O5S. The summed E-state index contributed by atoms with van der Waals surface area (Å²) in [6.45, 7) is 1.27. The van der Waals surface area contributed by atoms with Gasteiger partial charge in [-0.05, 0) is 12.5 Å². The highest BCUT2D eigenvalue weighted by Gasteiger charge is 2.22. The van der Waals surface area contributed by atoms with Crippen molar-refractivity contribution in [2.75, 3.05) is 6.61 Å². The lowest BCUT2D eigenvalue weighted by Gasteiger charge is -2.14. The molecule has 0 bridgehead atoms. The molecule has 0 aliphatic heterocycles. The Hall–Kier alpha value is -1.58. The number of benzene rings is 1. The third-order valence-electron chi connectivity index (χ3n) is 2.46. The second-order valence-electron chi connectivity index (χ2n) is 3.78. The molecule has 0 aliphatic rings. The number of sulfonamides is 1. The molecule has 0 saturated carbocycles. The van der Waals surface area contributed by atoms with Gasteiger partial charge in [-0.2, -0.15) is 4.39 Å². The van der Waals surface area contributed by atoms with Crippen molar-refractivity contribution >= 4 is 15.7 Å². The van der Waals surface area contributed by atoms with Gasteiger partial charge in [-0.25, -0.2) is 13.1 Å². The maximum Gasteiger partial charge on any atom is 0.304 e. The fourth-order valence-corrected chi connectivity index (χ4v) is 2.66. The highest BCUT2D eigenvalue weighted by Crippen LogP contribution is 2.20. The van der Waals surface area contributed by atoms with E-state index in [0.717, 1.165) is 12.1 Å². The van der Waals surface area contributed by atoms with Gasteiger partial charge in [0.05, 0.1) is 16.4 Å². The van der Waals surface area contributed by atoms with Crippen LogP contribution in [0.15, 0.2) is 23.1 Å². The molecule has 0 unspecified atom stereocenters. The van der Waals surface area contributed by atoms with Crippen LogP contribution in [-0.2, 0) is 10.0 Å². The van der Waals surface area contributed by atoms with Gasteiger partial charge in [0.25, 0.3) is 0 Å². The molecule has 0 radical (unpaired) electrons. The largest absolute Gasteiger partial charge is 0.395 e. The van der Waals surface area contributed by atoms with E-state index in [2.05, 4.69) is 4.72 Å². The molecule has 1 atom stereocenters. The zero-order chi connectivity index (χ0) is 14.6. The number of halogens is 1. The number of aliphatic hydroxyl groups is 1. The number of nitro benzene ring substituents is 1. The molecule has 9 heteroatoms.